The van der Waals surface area contributed by atoms with E-state index < -0.39 is 5.38 Å². The number of alkyl halides is 1. The number of carbonyl (C=O) groups excluding carboxylic acids is 1. The predicted molar refractivity (Wildman–Crippen MR) is 47.8 cm³/mol. The van der Waals surface area contributed by atoms with E-state index in [9.17, 15) is 4.79 Å². The molecule has 0 rings (SSSR count). The molecule has 1 amide bonds. The Morgan fingerprint density at radius 2 is 2.18 bits per heavy atom. The first-order valence-corrected chi connectivity index (χ1v) is 4.03. The third-order valence-corrected chi connectivity index (χ3v) is 1.35. The molecule has 3 heteroatoms. The van der Waals surface area contributed by atoms with Crippen LogP contribution in [0.3, 0.4) is 0 Å². The van der Waals surface area contributed by atoms with Crippen molar-refractivity contribution < 1.29 is 4.79 Å². The van der Waals surface area contributed by atoms with E-state index in [0.717, 1.165) is 0 Å². The van der Waals surface area contributed by atoms with Crippen molar-refractivity contribution in [1.82, 2.24) is 5.32 Å². The molecular weight excluding hydrogens is 162 g/mol. The van der Waals surface area contributed by atoms with Crippen LogP contribution in [0.25, 0.3) is 0 Å². The van der Waals surface area contributed by atoms with Crippen molar-refractivity contribution in [2.45, 2.75) is 26.1 Å². The first-order chi connectivity index (χ1) is 5.04. The molecule has 0 bridgehead atoms. The third-order valence-electron chi connectivity index (χ3n) is 1.15. The molecule has 1 N–H and O–H groups in total. The summed E-state index contributed by atoms with van der Waals surface area (Å²) in [5, 5.41) is 2.22. The summed E-state index contributed by atoms with van der Waals surface area (Å²) >= 11 is 5.51. The summed E-state index contributed by atoms with van der Waals surface area (Å²) in [6.07, 6.45) is 1.94. The van der Waals surface area contributed by atoms with Crippen molar-refractivity contribution in [3.8, 4) is 0 Å². The number of rotatable bonds is 3. The Bertz CT molecular complexity index is 159. The molecule has 0 aromatic heterocycles. The van der Waals surface area contributed by atoms with Crippen LogP contribution in [0.2, 0.25) is 0 Å². The summed E-state index contributed by atoms with van der Waals surface area (Å²) in [6.45, 7) is 6.18. The number of allylic oxidation sites excluding steroid dienone is 1. The van der Waals surface area contributed by atoms with Crippen molar-refractivity contribution in [1.29, 1.82) is 0 Å². The number of nitrogens with one attached hydrogen (secondary N) is 1. The van der Waals surface area contributed by atoms with Crippen LogP contribution in [-0.4, -0.2) is 17.8 Å². The van der Waals surface area contributed by atoms with Gasteiger partial charge in [-0.1, -0.05) is 11.6 Å². The molecule has 2 nitrogen and oxygen atoms in total. The van der Waals surface area contributed by atoms with Crippen LogP contribution in [0.5, 0.6) is 0 Å². The zero-order valence-electron chi connectivity index (χ0n) is 7.15. The average molecular weight is 176 g/mol. The topological polar surface area (TPSA) is 29.1 Å². The second-order valence-electron chi connectivity index (χ2n) is 2.64. The zero-order valence-corrected chi connectivity index (χ0v) is 7.90. The van der Waals surface area contributed by atoms with Crippen LogP contribution in [-0.2, 0) is 4.79 Å². The Kier molecular flexibility index (Phi) is 4.95. The van der Waals surface area contributed by atoms with Gasteiger partial charge in [-0.05, 0) is 20.8 Å². The highest BCUT2D eigenvalue weighted by molar-refractivity contribution is 6.30. The van der Waals surface area contributed by atoms with Gasteiger partial charge in [-0.3, -0.25) is 4.79 Å². The minimum Gasteiger partial charge on any atom is -0.351 e. The zero-order chi connectivity index (χ0) is 8.85. The predicted octanol–water partition coefficient (Wildman–Crippen LogP) is 1.70. The summed E-state index contributed by atoms with van der Waals surface area (Å²) in [7, 11) is 0. The molecule has 0 saturated heterocycles. The quantitative estimate of drug-likeness (QED) is 0.514. The summed E-state index contributed by atoms with van der Waals surface area (Å²) < 4.78 is 0. The molecule has 0 saturated carbocycles. The van der Waals surface area contributed by atoms with E-state index in [1.54, 1.807) is 6.92 Å². The first kappa shape index (κ1) is 10.5. The monoisotopic (exact) mass is 175 g/mol. The second kappa shape index (κ2) is 5.19. The lowest BCUT2D eigenvalue weighted by Crippen LogP contribution is -2.29. The maximum Gasteiger partial charge on any atom is 0.238 e. The molecule has 0 aromatic rings. The first-order valence-electron chi connectivity index (χ1n) is 3.59. The van der Waals surface area contributed by atoms with Gasteiger partial charge in [0.05, 0.1) is 0 Å². The van der Waals surface area contributed by atoms with E-state index in [-0.39, 0.29) is 5.91 Å². The fraction of sp³-hybridized carbons (Fsp3) is 0.625. The summed E-state index contributed by atoms with van der Waals surface area (Å²) in [4.78, 5) is 10.9. The van der Waals surface area contributed by atoms with Crippen molar-refractivity contribution in [2.24, 2.45) is 0 Å². The lowest BCUT2D eigenvalue weighted by atomic mass is 10.3. The largest absolute Gasteiger partial charge is 0.351 e. The number of halogens is 1. The van der Waals surface area contributed by atoms with Crippen LogP contribution in [0.4, 0.5) is 0 Å². The van der Waals surface area contributed by atoms with Crippen LogP contribution in [0.15, 0.2) is 11.6 Å². The van der Waals surface area contributed by atoms with Crippen LogP contribution >= 0.6 is 11.6 Å². The number of hydrogen-bond acceptors (Lipinski definition) is 1. The Balaban J connectivity index is 3.56. The molecular formula is C8H14ClNO. The van der Waals surface area contributed by atoms with Gasteiger partial charge in [-0.2, -0.15) is 0 Å². The molecule has 1 atom stereocenters. The lowest BCUT2D eigenvalue weighted by molar-refractivity contribution is -0.120. The Morgan fingerprint density at radius 3 is 2.55 bits per heavy atom. The number of carbonyl (C=O) groups is 1. The molecule has 0 aliphatic heterocycles. The van der Waals surface area contributed by atoms with E-state index in [1.807, 2.05) is 19.9 Å². The SMILES string of the molecule is CC(C)=CCNC(=O)C(C)Cl. The molecule has 0 heterocycles. The van der Waals surface area contributed by atoms with Crippen molar-refractivity contribution in [3.05, 3.63) is 11.6 Å². The Hall–Kier alpha value is -0.500. The molecule has 64 valence electrons. The van der Waals surface area contributed by atoms with Gasteiger partial charge in [-0.25, -0.2) is 0 Å². The third kappa shape index (κ3) is 5.92. The molecule has 0 fully saturated rings. The van der Waals surface area contributed by atoms with E-state index in [1.165, 1.54) is 5.57 Å². The fourth-order valence-electron chi connectivity index (χ4n) is 0.496. The Labute approximate surface area is 72.6 Å². The van der Waals surface area contributed by atoms with Gasteiger partial charge in [0.25, 0.3) is 0 Å². The minimum absolute atomic E-state index is 0.121. The van der Waals surface area contributed by atoms with E-state index in [2.05, 4.69) is 5.32 Å². The van der Waals surface area contributed by atoms with Crippen LogP contribution in [0, 0.1) is 0 Å². The van der Waals surface area contributed by atoms with E-state index >= 15 is 0 Å². The molecule has 0 spiro atoms. The molecule has 0 aromatic carbocycles. The summed E-state index contributed by atoms with van der Waals surface area (Å²) in [5.74, 6) is -0.121. The Morgan fingerprint density at radius 1 is 1.64 bits per heavy atom. The fourth-order valence-corrected chi connectivity index (χ4v) is 0.574. The van der Waals surface area contributed by atoms with Crippen LogP contribution < -0.4 is 5.32 Å². The highest BCUT2D eigenvalue weighted by atomic mass is 35.5. The molecule has 0 aliphatic rings. The van der Waals surface area contributed by atoms with Crippen molar-refractivity contribution in [2.75, 3.05) is 6.54 Å². The van der Waals surface area contributed by atoms with Gasteiger partial charge < -0.3 is 5.32 Å². The van der Waals surface area contributed by atoms with Crippen LogP contribution in [0.1, 0.15) is 20.8 Å². The second-order valence-corrected chi connectivity index (χ2v) is 3.30. The van der Waals surface area contributed by atoms with Gasteiger partial charge in [-0.15, -0.1) is 11.6 Å². The normalized spacial score (nSPS) is 12.0. The van der Waals surface area contributed by atoms with Crippen molar-refractivity contribution >= 4 is 17.5 Å². The maximum absolute atomic E-state index is 10.9. The number of hydrogen-bond donors (Lipinski definition) is 1. The highest BCUT2D eigenvalue weighted by Crippen LogP contribution is 1.92. The standard InChI is InChI=1S/C8H14ClNO/c1-6(2)4-5-10-8(11)7(3)9/h4,7H,5H2,1-3H3,(H,10,11). The minimum atomic E-state index is -0.444. The number of amides is 1. The van der Waals surface area contributed by atoms with Gasteiger partial charge in [0, 0.05) is 6.54 Å². The van der Waals surface area contributed by atoms with Crippen molar-refractivity contribution in [3.63, 3.8) is 0 Å². The molecule has 0 radical (unpaired) electrons. The maximum atomic E-state index is 10.9. The van der Waals surface area contributed by atoms with E-state index in [0.29, 0.717) is 6.54 Å². The molecule has 0 aliphatic carbocycles. The lowest BCUT2D eigenvalue weighted by Gasteiger charge is -2.02. The van der Waals surface area contributed by atoms with Gasteiger partial charge in [0.2, 0.25) is 5.91 Å². The van der Waals surface area contributed by atoms with Gasteiger partial charge in [0.1, 0.15) is 5.38 Å². The smallest absolute Gasteiger partial charge is 0.238 e. The molecule has 1 unspecified atom stereocenters. The van der Waals surface area contributed by atoms with Gasteiger partial charge in [0.15, 0.2) is 0 Å². The molecule has 11 heavy (non-hydrogen) atoms. The average Bonchev–Trinajstić information content (AvgIpc) is 1.86. The highest BCUT2D eigenvalue weighted by Gasteiger charge is 2.05. The summed E-state index contributed by atoms with van der Waals surface area (Å²) in [5.41, 5.74) is 1.19. The summed E-state index contributed by atoms with van der Waals surface area (Å²) in [6, 6.07) is 0. The van der Waals surface area contributed by atoms with Gasteiger partial charge >= 0.3 is 0 Å². The van der Waals surface area contributed by atoms with E-state index in [4.69, 9.17) is 11.6 Å².